The maximum Gasteiger partial charge on any atom is 0.407 e. The standard InChI is InChI=1S/C17H26N2O2/c1-12-6-7-14-8-9-19(15(14)10-12)11-13(2)18-16(20)21-17(3,4)5/h6-7,10,13H,8-9,11H2,1-5H3,(H,18,20)/t13-/m0/s1. The number of anilines is 1. The van der Waals surface area contributed by atoms with Gasteiger partial charge in [0, 0.05) is 24.8 Å². The second kappa shape index (κ2) is 5.96. The molecular weight excluding hydrogens is 264 g/mol. The maximum atomic E-state index is 11.8. The summed E-state index contributed by atoms with van der Waals surface area (Å²) in [5.74, 6) is 0. The number of rotatable bonds is 3. The smallest absolute Gasteiger partial charge is 0.407 e. The van der Waals surface area contributed by atoms with Crippen molar-refractivity contribution in [2.75, 3.05) is 18.0 Å². The lowest BCUT2D eigenvalue weighted by Crippen LogP contribution is -2.43. The quantitative estimate of drug-likeness (QED) is 0.929. The predicted octanol–water partition coefficient (Wildman–Crippen LogP) is 3.27. The van der Waals surface area contributed by atoms with Crippen LogP contribution < -0.4 is 10.2 Å². The number of fused-ring (bicyclic) bond motifs is 1. The Bertz CT molecular complexity index is 520. The van der Waals surface area contributed by atoms with Crippen LogP contribution in [0.2, 0.25) is 0 Å². The predicted molar refractivity (Wildman–Crippen MR) is 85.9 cm³/mol. The van der Waals surface area contributed by atoms with Crippen molar-refractivity contribution >= 4 is 11.8 Å². The van der Waals surface area contributed by atoms with Crippen molar-refractivity contribution in [2.45, 2.75) is 52.7 Å². The van der Waals surface area contributed by atoms with Gasteiger partial charge in [-0.1, -0.05) is 12.1 Å². The third kappa shape index (κ3) is 4.38. The average molecular weight is 290 g/mol. The molecule has 21 heavy (non-hydrogen) atoms. The summed E-state index contributed by atoms with van der Waals surface area (Å²) in [6.45, 7) is 11.6. The van der Waals surface area contributed by atoms with E-state index in [1.807, 2.05) is 27.7 Å². The van der Waals surface area contributed by atoms with E-state index >= 15 is 0 Å². The van der Waals surface area contributed by atoms with Gasteiger partial charge in [0.2, 0.25) is 0 Å². The van der Waals surface area contributed by atoms with Gasteiger partial charge in [0.05, 0.1) is 0 Å². The van der Waals surface area contributed by atoms with Gasteiger partial charge in [-0.05, 0) is 58.2 Å². The van der Waals surface area contributed by atoms with Gasteiger partial charge in [-0.2, -0.15) is 0 Å². The van der Waals surface area contributed by atoms with Crippen molar-refractivity contribution in [1.29, 1.82) is 0 Å². The van der Waals surface area contributed by atoms with E-state index in [1.165, 1.54) is 16.8 Å². The number of aryl methyl sites for hydroxylation is 1. The highest BCUT2D eigenvalue weighted by atomic mass is 16.6. The van der Waals surface area contributed by atoms with Gasteiger partial charge in [-0.25, -0.2) is 4.79 Å². The van der Waals surface area contributed by atoms with Gasteiger partial charge < -0.3 is 15.0 Å². The molecule has 1 atom stereocenters. The highest BCUT2D eigenvalue weighted by Gasteiger charge is 2.22. The summed E-state index contributed by atoms with van der Waals surface area (Å²) in [7, 11) is 0. The zero-order chi connectivity index (χ0) is 15.6. The first kappa shape index (κ1) is 15.7. The molecule has 4 heteroatoms. The van der Waals surface area contributed by atoms with E-state index in [2.05, 4.69) is 35.3 Å². The molecule has 1 aromatic rings. The second-order valence-corrected chi connectivity index (χ2v) is 6.88. The van der Waals surface area contributed by atoms with E-state index < -0.39 is 5.60 Å². The first-order valence-electron chi connectivity index (χ1n) is 7.58. The Morgan fingerprint density at radius 1 is 1.43 bits per heavy atom. The molecule has 0 aliphatic carbocycles. The zero-order valence-electron chi connectivity index (χ0n) is 13.7. The molecule has 0 radical (unpaired) electrons. The van der Waals surface area contributed by atoms with Crippen LogP contribution in [0.3, 0.4) is 0 Å². The first-order chi connectivity index (χ1) is 9.74. The molecule has 1 aliphatic heterocycles. The van der Waals surface area contributed by atoms with E-state index in [4.69, 9.17) is 4.74 Å². The molecule has 1 aromatic carbocycles. The number of alkyl carbamates (subject to hydrolysis) is 1. The Balaban J connectivity index is 1.92. The molecule has 2 rings (SSSR count). The summed E-state index contributed by atoms with van der Waals surface area (Å²) in [5, 5.41) is 2.91. The number of hydrogen-bond donors (Lipinski definition) is 1. The molecule has 0 aromatic heterocycles. The fourth-order valence-electron chi connectivity index (χ4n) is 2.63. The van der Waals surface area contributed by atoms with Crippen LogP contribution in [0, 0.1) is 6.92 Å². The van der Waals surface area contributed by atoms with Gasteiger partial charge in [0.15, 0.2) is 0 Å². The van der Waals surface area contributed by atoms with Crippen LogP contribution >= 0.6 is 0 Å². The number of carbonyl (C=O) groups is 1. The topological polar surface area (TPSA) is 41.6 Å². The zero-order valence-corrected chi connectivity index (χ0v) is 13.7. The summed E-state index contributed by atoms with van der Waals surface area (Å²) >= 11 is 0. The van der Waals surface area contributed by atoms with Gasteiger partial charge in [0.1, 0.15) is 5.60 Å². The molecule has 0 bridgehead atoms. The average Bonchev–Trinajstić information content (AvgIpc) is 2.69. The van der Waals surface area contributed by atoms with E-state index in [0.717, 1.165) is 19.5 Å². The molecule has 116 valence electrons. The summed E-state index contributed by atoms with van der Waals surface area (Å²) in [6.07, 6.45) is 0.730. The fourth-order valence-corrected chi connectivity index (χ4v) is 2.63. The Morgan fingerprint density at radius 2 is 2.14 bits per heavy atom. The number of nitrogens with zero attached hydrogens (tertiary/aromatic N) is 1. The molecule has 0 saturated heterocycles. The largest absolute Gasteiger partial charge is 0.444 e. The van der Waals surface area contributed by atoms with E-state index in [9.17, 15) is 4.79 Å². The van der Waals surface area contributed by atoms with Gasteiger partial charge in [-0.3, -0.25) is 0 Å². The number of benzene rings is 1. The Hall–Kier alpha value is -1.71. The lowest BCUT2D eigenvalue weighted by Gasteiger charge is -2.26. The van der Waals surface area contributed by atoms with E-state index in [-0.39, 0.29) is 12.1 Å². The molecule has 0 saturated carbocycles. The van der Waals surface area contributed by atoms with Crippen LogP contribution in [-0.4, -0.2) is 30.8 Å². The Kier molecular flexibility index (Phi) is 4.45. The van der Waals surface area contributed by atoms with Crippen LogP contribution in [0.1, 0.15) is 38.8 Å². The minimum atomic E-state index is -0.457. The van der Waals surface area contributed by atoms with Gasteiger partial charge >= 0.3 is 6.09 Å². The number of carbonyl (C=O) groups excluding carboxylic acids is 1. The molecular formula is C17H26N2O2. The Labute approximate surface area is 127 Å². The van der Waals surface area contributed by atoms with E-state index in [1.54, 1.807) is 0 Å². The normalized spacial score (nSPS) is 15.6. The van der Waals surface area contributed by atoms with Crippen molar-refractivity contribution in [2.24, 2.45) is 0 Å². The highest BCUT2D eigenvalue weighted by molar-refractivity contribution is 5.68. The lowest BCUT2D eigenvalue weighted by atomic mass is 10.1. The number of hydrogen-bond acceptors (Lipinski definition) is 3. The van der Waals surface area contributed by atoms with Crippen LogP contribution in [0.25, 0.3) is 0 Å². The molecule has 4 nitrogen and oxygen atoms in total. The molecule has 0 spiro atoms. The van der Waals surface area contributed by atoms with Crippen molar-refractivity contribution in [3.63, 3.8) is 0 Å². The molecule has 0 unspecified atom stereocenters. The summed E-state index contributed by atoms with van der Waals surface area (Å²) in [6, 6.07) is 6.63. The molecule has 1 aliphatic rings. The maximum absolute atomic E-state index is 11.8. The SMILES string of the molecule is Cc1ccc2c(c1)N(C[C@H](C)NC(=O)OC(C)(C)C)CC2. The van der Waals surface area contributed by atoms with Crippen LogP contribution in [0.5, 0.6) is 0 Å². The van der Waals surface area contributed by atoms with Crippen molar-refractivity contribution in [3.05, 3.63) is 29.3 Å². The molecule has 1 amide bonds. The highest BCUT2D eigenvalue weighted by Crippen LogP contribution is 2.28. The summed E-state index contributed by atoms with van der Waals surface area (Å²) in [5.41, 5.74) is 3.51. The number of ether oxygens (including phenoxy) is 1. The number of nitrogens with one attached hydrogen (secondary N) is 1. The van der Waals surface area contributed by atoms with Gasteiger partial charge in [0.25, 0.3) is 0 Å². The van der Waals surface area contributed by atoms with Gasteiger partial charge in [-0.15, -0.1) is 0 Å². The third-order valence-electron chi connectivity index (χ3n) is 3.49. The molecule has 1 heterocycles. The lowest BCUT2D eigenvalue weighted by molar-refractivity contribution is 0.0510. The number of amides is 1. The monoisotopic (exact) mass is 290 g/mol. The van der Waals surface area contributed by atoms with Crippen molar-refractivity contribution < 1.29 is 9.53 Å². The van der Waals surface area contributed by atoms with Crippen LogP contribution in [0.4, 0.5) is 10.5 Å². The van der Waals surface area contributed by atoms with Crippen LogP contribution in [-0.2, 0) is 11.2 Å². The summed E-state index contributed by atoms with van der Waals surface area (Å²) in [4.78, 5) is 14.1. The minimum Gasteiger partial charge on any atom is -0.444 e. The van der Waals surface area contributed by atoms with Crippen molar-refractivity contribution in [1.82, 2.24) is 5.32 Å². The molecule has 1 N–H and O–H groups in total. The third-order valence-corrected chi connectivity index (χ3v) is 3.49. The fraction of sp³-hybridized carbons (Fsp3) is 0.588. The van der Waals surface area contributed by atoms with Crippen molar-refractivity contribution in [3.8, 4) is 0 Å². The van der Waals surface area contributed by atoms with E-state index in [0.29, 0.717) is 0 Å². The minimum absolute atomic E-state index is 0.0475. The second-order valence-electron chi connectivity index (χ2n) is 6.88. The van der Waals surface area contributed by atoms with Crippen LogP contribution in [0.15, 0.2) is 18.2 Å². The first-order valence-corrected chi connectivity index (χ1v) is 7.58. The molecule has 0 fully saturated rings. The Morgan fingerprint density at radius 3 is 2.81 bits per heavy atom. The summed E-state index contributed by atoms with van der Waals surface area (Å²) < 4.78 is 5.29.